The second-order valence-electron chi connectivity index (χ2n) is 5.71. The molecule has 8 heteroatoms. The molecule has 1 aromatic carbocycles. The molecule has 0 unspecified atom stereocenters. The molecular weight excluding hydrogens is 332 g/mol. The molecule has 1 heterocycles. The van der Waals surface area contributed by atoms with Crippen molar-refractivity contribution in [2.75, 3.05) is 0 Å². The van der Waals surface area contributed by atoms with Crippen LogP contribution in [0, 0.1) is 0 Å². The van der Waals surface area contributed by atoms with Gasteiger partial charge in [0.05, 0.1) is 4.90 Å². The average Bonchev–Trinajstić information content (AvgIpc) is 2.95. The van der Waals surface area contributed by atoms with E-state index in [9.17, 15) is 8.42 Å². The average molecular weight is 352 g/mol. The van der Waals surface area contributed by atoms with Crippen molar-refractivity contribution in [2.24, 2.45) is 7.05 Å². The Hall–Kier alpha value is -1.38. The van der Waals surface area contributed by atoms with Crippen molar-refractivity contribution in [3.8, 4) is 0 Å². The van der Waals surface area contributed by atoms with Crippen LogP contribution in [0.5, 0.6) is 0 Å². The number of nitrogens with one attached hydrogen (secondary N) is 1. The predicted molar refractivity (Wildman–Crippen MR) is 89.7 cm³/mol. The van der Waals surface area contributed by atoms with Crippen LogP contribution in [-0.4, -0.2) is 34.5 Å². The van der Waals surface area contributed by atoms with E-state index < -0.39 is 10.0 Å². The maximum atomic E-state index is 12.6. The highest BCUT2D eigenvalue weighted by atomic mass is 32.2. The summed E-state index contributed by atoms with van der Waals surface area (Å²) < 4.78 is 29.9. The lowest BCUT2D eigenvalue weighted by Crippen LogP contribution is -2.43. The molecule has 23 heavy (non-hydrogen) atoms. The van der Waals surface area contributed by atoms with Gasteiger partial charge in [-0.05, 0) is 25.0 Å². The van der Waals surface area contributed by atoms with Crippen LogP contribution in [0.25, 0.3) is 0 Å². The third kappa shape index (κ3) is 3.94. The van der Waals surface area contributed by atoms with Crippen molar-refractivity contribution in [3.63, 3.8) is 0 Å². The number of thioether (sulfide) groups is 1. The first-order valence-corrected chi connectivity index (χ1v) is 10.0. The van der Waals surface area contributed by atoms with Gasteiger partial charge in [-0.3, -0.25) is 0 Å². The molecule has 0 spiro atoms. The molecule has 1 aliphatic rings. The summed E-state index contributed by atoms with van der Waals surface area (Å²) in [6, 6.07) is 8.44. The topological polar surface area (TPSA) is 76.9 Å². The van der Waals surface area contributed by atoms with Crippen molar-refractivity contribution >= 4 is 21.8 Å². The second kappa shape index (κ2) is 7.02. The van der Waals surface area contributed by atoms with Crippen LogP contribution >= 0.6 is 11.8 Å². The molecular formula is C15H20N4O2S2. The number of aromatic nitrogens is 3. The van der Waals surface area contributed by atoms with Gasteiger partial charge in [-0.25, -0.2) is 13.1 Å². The lowest BCUT2D eigenvalue weighted by molar-refractivity contribution is 0.422. The van der Waals surface area contributed by atoms with Crippen molar-refractivity contribution in [2.45, 2.75) is 47.0 Å². The Kier molecular flexibility index (Phi) is 5.03. The Labute approximate surface area is 140 Å². The molecule has 2 aromatic rings. The van der Waals surface area contributed by atoms with E-state index in [0.717, 1.165) is 30.8 Å². The van der Waals surface area contributed by atoms with E-state index in [1.165, 1.54) is 0 Å². The lowest BCUT2D eigenvalue weighted by Gasteiger charge is -2.31. The number of sulfonamides is 1. The molecule has 2 atom stereocenters. The molecule has 6 nitrogen and oxygen atoms in total. The van der Waals surface area contributed by atoms with Gasteiger partial charge in [-0.15, -0.1) is 10.2 Å². The molecule has 3 rings (SSSR count). The van der Waals surface area contributed by atoms with E-state index in [1.807, 2.05) is 17.7 Å². The summed E-state index contributed by atoms with van der Waals surface area (Å²) in [4.78, 5) is 0.313. The molecule has 1 aromatic heterocycles. The highest BCUT2D eigenvalue weighted by molar-refractivity contribution is 7.99. The minimum atomic E-state index is -3.49. The Morgan fingerprint density at radius 2 is 1.96 bits per heavy atom. The van der Waals surface area contributed by atoms with Crippen LogP contribution in [0.2, 0.25) is 0 Å². The molecule has 0 bridgehead atoms. The van der Waals surface area contributed by atoms with Crippen LogP contribution in [0.15, 0.2) is 46.7 Å². The summed E-state index contributed by atoms with van der Waals surface area (Å²) in [6.45, 7) is 0. The summed E-state index contributed by atoms with van der Waals surface area (Å²) in [5.41, 5.74) is 0. The summed E-state index contributed by atoms with van der Waals surface area (Å²) in [5, 5.41) is 8.98. The minimum absolute atomic E-state index is 0.0874. The van der Waals surface area contributed by atoms with Crippen LogP contribution in [0.1, 0.15) is 25.7 Å². The van der Waals surface area contributed by atoms with Crippen LogP contribution in [-0.2, 0) is 17.1 Å². The first-order chi connectivity index (χ1) is 11.1. The Morgan fingerprint density at radius 3 is 2.65 bits per heavy atom. The van der Waals surface area contributed by atoms with Gasteiger partial charge >= 0.3 is 0 Å². The highest BCUT2D eigenvalue weighted by Crippen LogP contribution is 2.33. The van der Waals surface area contributed by atoms with Crippen LogP contribution in [0.4, 0.5) is 0 Å². The molecule has 0 amide bonds. The van der Waals surface area contributed by atoms with Gasteiger partial charge in [0, 0.05) is 18.3 Å². The fourth-order valence-electron chi connectivity index (χ4n) is 2.75. The summed E-state index contributed by atoms with van der Waals surface area (Å²) >= 11 is 1.60. The molecule has 1 aliphatic carbocycles. The second-order valence-corrected chi connectivity index (χ2v) is 8.63. The van der Waals surface area contributed by atoms with Gasteiger partial charge in [0.15, 0.2) is 5.16 Å². The van der Waals surface area contributed by atoms with E-state index >= 15 is 0 Å². The summed E-state index contributed by atoms with van der Waals surface area (Å²) in [5.74, 6) is 0. The van der Waals surface area contributed by atoms with E-state index in [4.69, 9.17) is 0 Å². The first-order valence-electron chi connectivity index (χ1n) is 7.64. The molecule has 0 radical (unpaired) electrons. The van der Waals surface area contributed by atoms with Gasteiger partial charge in [-0.2, -0.15) is 0 Å². The summed E-state index contributed by atoms with van der Waals surface area (Å²) in [6.07, 6.45) is 5.63. The Bertz CT molecular complexity index is 746. The molecule has 0 saturated heterocycles. The van der Waals surface area contributed by atoms with Gasteiger partial charge in [0.25, 0.3) is 0 Å². The smallest absolute Gasteiger partial charge is 0.240 e. The maximum absolute atomic E-state index is 12.6. The van der Waals surface area contributed by atoms with Gasteiger partial charge < -0.3 is 4.57 Å². The molecule has 0 aliphatic heterocycles. The highest BCUT2D eigenvalue weighted by Gasteiger charge is 2.31. The van der Waals surface area contributed by atoms with Crippen molar-refractivity contribution in [1.82, 2.24) is 19.5 Å². The maximum Gasteiger partial charge on any atom is 0.240 e. The fourth-order valence-corrected chi connectivity index (χ4v) is 5.40. The number of aryl methyl sites for hydroxylation is 1. The third-order valence-corrected chi connectivity index (χ3v) is 6.94. The van der Waals surface area contributed by atoms with E-state index in [1.54, 1.807) is 42.4 Å². The number of hydrogen-bond acceptors (Lipinski definition) is 5. The van der Waals surface area contributed by atoms with Crippen molar-refractivity contribution in [3.05, 3.63) is 36.7 Å². The molecule has 1 fully saturated rings. The van der Waals surface area contributed by atoms with E-state index in [-0.39, 0.29) is 11.3 Å². The summed E-state index contributed by atoms with van der Waals surface area (Å²) in [7, 11) is -1.59. The zero-order chi connectivity index (χ0) is 16.3. The SMILES string of the molecule is Cn1cnnc1S[C@@H]1CCCC[C@@H]1NS(=O)(=O)c1ccccc1. The first kappa shape index (κ1) is 16.5. The quantitative estimate of drug-likeness (QED) is 0.893. The zero-order valence-electron chi connectivity index (χ0n) is 12.9. The van der Waals surface area contributed by atoms with Gasteiger partial charge in [0.2, 0.25) is 10.0 Å². The van der Waals surface area contributed by atoms with Crippen molar-refractivity contribution < 1.29 is 8.42 Å². The van der Waals surface area contributed by atoms with Crippen LogP contribution < -0.4 is 4.72 Å². The normalized spacial score (nSPS) is 22.1. The monoisotopic (exact) mass is 352 g/mol. The predicted octanol–water partition coefficient (Wildman–Crippen LogP) is 2.20. The lowest BCUT2D eigenvalue weighted by atomic mass is 9.96. The zero-order valence-corrected chi connectivity index (χ0v) is 14.6. The fraction of sp³-hybridized carbons (Fsp3) is 0.467. The molecule has 1 N–H and O–H groups in total. The molecule has 124 valence electrons. The third-order valence-electron chi connectivity index (χ3n) is 3.99. The van der Waals surface area contributed by atoms with Gasteiger partial charge in [-0.1, -0.05) is 42.8 Å². The Balaban J connectivity index is 1.75. The largest absolute Gasteiger partial charge is 0.312 e. The van der Waals surface area contributed by atoms with E-state index in [0.29, 0.717) is 4.90 Å². The number of nitrogens with zero attached hydrogens (tertiary/aromatic N) is 3. The number of hydrogen-bond donors (Lipinski definition) is 1. The molecule has 1 saturated carbocycles. The van der Waals surface area contributed by atoms with Gasteiger partial charge in [0.1, 0.15) is 6.33 Å². The standard InChI is InChI=1S/C15H20N4O2S2/c1-19-11-16-17-15(19)22-14-10-6-5-9-13(14)18-23(20,21)12-7-3-2-4-8-12/h2-4,7-8,11,13-14,18H,5-6,9-10H2,1H3/t13-,14+/m0/s1. The van der Waals surface area contributed by atoms with E-state index in [2.05, 4.69) is 14.9 Å². The van der Waals surface area contributed by atoms with Crippen molar-refractivity contribution in [1.29, 1.82) is 0 Å². The van der Waals surface area contributed by atoms with Crippen LogP contribution in [0.3, 0.4) is 0 Å². The Morgan fingerprint density at radius 1 is 1.22 bits per heavy atom. The number of rotatable bonds is 5. The number of benzene rings is 1. The minimum Gasteiger partial charge on any atom is -0.312 e.